The number of rotatable bonds is 10. The van der Waals surface area contributed by atoms with Gasteiger partial charge in [0.1, 0.15) is 11.5 Å². The number of carbonyl (C=O) groups excluding carboxylic acids is 1. The number of ether oxygens (including phenoxy) is 2. The van der Waals surface area contributed by atoms with Crippen molar-refractivity contribution in [1.82, 2.24) is 9.55 Å². The lowest BCUT2D eigenvalue weighted by molar-refractivity contribution is -0.113. The van der Waals surface area contributed by atoms with Crippen LogP contribution in [0.2, 0.25) is 0 Å². The Morgan fingerprint density at radius 2 is 1.66 bits per heavy atom. The number of aromatic nitrogens is 2. The predicted molar refractivity (Wildman–Crippen MR) is 140 cm³/mol. The lowest BCUT2D eigenvalue weighted by Crippen LogP contribution is -2.24. The third-order valence-electron chi connectivity index (χ3n) is 5.48. The molecule has 8 heteroatoms. The summed E-state index contributed by atoms with van der Waals surface area (Å²) in [5, 5.41) is 3.96. The van der Waals surface area contributed by atoms with Crippen LogP contribution in [-0.2, 0) is 17.8 Å². The molecule has 35 heavy (non-hydrogen) atoms. The molecule has 0 aliphatic heterocycles. The van der Waals surface area contributed by atoms with E-state index in [0.717, 1.165) is 12.8 Å². The highest BCUT2D eigenvalue weighted by molar-refractivity contribution is 7.99. The Bertz CT molecular complexity index is 1350. The predicted octanol–water partition coefficient (Wildman–Crippen LogP) is 4.78. The minimum atomic E-state index is -0.219. The van der Waals surface area contributed by atoms with Gasteiger partial charge in [-0.25, -0.2) is 4.98 Å². The summed E-state index contributed by atoms with van der Waals surface area (Å²) >= 11 is 1.25. The summed E-state index contributed by atoms with van der Waals surface area (Å²) in [5.74, 6) is 1.04. The third kappa shape index (κ3) is 6.22. The van der Waals surface area contributed by atoms with Crippen LogP contribution in [0.4, 0.5) is 5.69 Å². The normalized spacial score (nSPS) is 10.8. The number of thioether (sulfide) groups is 1. The average Bonchev–Trinajstić information content (AvgIpc) is 2.89. The molecule has 1 aromatic heterocycles. The smallest absolute Gasteiger partial charge is 0.262 e. The zero-order valence-electron chi connectivity index (χ0n) is 19.7. The molecule has 1 amide bonds. The number of amides is 1. The molecular weight excluding hydrogens is 462 g/mol. The van der Waals surface area contributed by atoms with E-state index in [4.69, 9.17) is 14.5 Å². The topological polar surface area (TPSA) is 82.5 Å². The van der Waals surface area contributed by atoms with Crippen molar-refractivity contribution in [2.75, 3.05) is 25.3 Å². The van der Waals surface area contributed by atoms with Crippen LogP contribution in [0.25, 0.3) is 10.9 Å². The molecule has 4 rings (SSSR count). The van der Waals surface area contributed by atoms with Crippen molar-refractivity contribution >= 4 is 34.3 Å². The van der Waals surface area contributed by atoms with E-state index in [0.29, 0.717) is 39.8 Å². The van der Waals surface area contributed by atoms with Crippen molar-refractivity contribution in [3.05, 3.63) is 88.7 Å². The van der Waals surface area contributed by atoms with E-state index in [-0.39, 0.29) is 17.2 Å². The first-order chi connectivity index (χ1) is 17.1. The van der Waals surface area contributed by atoms with E-state index in [1.165, 1.54) is 17.3 Å². The zero-order chi connectivity index (χ0) is 24.6. The molecule has 0 fully saturated rings. The Balaban J connectivity index is 1.51. The van der Waals surface area contributed by atoms with Crippen molar-refractivity contribution in [1.29, 1.82) is 0 Å². The van der Waals surface area contributed by atoms with Crippen LogP contribution in [0.3, 0.4) is 0 Å². The largest absolute Gasteiger partial charge is 0.497 e. The molecule has 1 heterocycles. The number of hydrogen-bond acceptors (Lipinski definition) is 6. The van der Waals surface area contributed by atoms with Gasteiger partial charge in [0, 0.05) is 30.4 Å². The Morgan fingerprint density at radius 3 is 2.37 bits per heavy atom. The number of benzene rings is 3. The van der Waals surface area contributed by atoms with E-state index in [9.17, 15) is 9.59 Å². The van der Waals surface area contributed by atoms with Gasteiger partial charge in [-0.2, -0.15) is 0 Å². The molecule has 0 saturated heterocycles. The number of methoxy groups -OCH3 is 2. The van der Waals surface area contributed by atoms with Crippen LogP contribution in [0.5, 0.6) is 11.5 Å². The molecule has 0 atom stereocenters. The van der Waals surface area contributed by atoms with Crippen molar-refractivity contribution < 1.29 is 14.3 Å². The molecule has 3 aromatic carbocycles. The first-order valence-electron chi connectivity index (χ1n) is 11.3. The average molecular weight is 490 g/mol. The summed E-state index contributed by atoms with van der Waals surface area (Å²) in [4.78, 5) is 30.7. The maximum atomic E-state index is 13.2. The number of fused-ring (bicyclic) bond motifs is 1. The molecule has 0 unspecified atom stereocenters. The summed E-state index contributed by atoms with van der Waals surface area (Å²) in [6, 6.07) is 22.6. The molecular formula is C27H27N3O4S. The maximum Gasteiger partial charge on any atom is 0.262 e. The van der Waals surface area contributed by atoms with Crippen LogP contribution in [0, 0.1) is 0 Å². The molecule has 0 radical (unpaired) electrons. The molecule has 0 aliphatic rings. The lowest BCUT2D eigenvalue weighted by Gasteiger charge is -2.14. The van der Waals surface area contributed by atoms with Gasteiger partial charge in [-0.15, -0.1) is 0 Å². The molecule has 180 valence electrons. The van der Waals surface area contributed by atoms with Gasteiger partial charge in [-0.3, -0.25) is 14.2 Å². The van der Waals surface area contributed by atoms with E-state index >= 15 is 0 Å². The lowest BCUT2D eigenvalue weighted by atomic mass is 10.1. The highest BCUT2D eigenvalue weighted by atomic mass is 32.2. The summed E-state index contributed by atoms with van der Waals surface area (Å²) in [7, 11) is 3.11. The highest BCUT2D eigenvalue weighted by Gasteiger charge is 2.14. The molecule has 1 N–H and O–H groups in total. The fourth-order valence-corrected chi connectivity index (χ4v) is 4.57. The Hall–Kier alpha value is -3.78. The van der Waals surface area contributed by atoms with E-state index < -0.39 is 0 Å². The van der Waals surface area contributed by atoms with Gasteiger partial charge in [-0.05, 0) is 30.5 Å². The van der Waals surface area contributed by atoms with Crippen LogP contribution < -0.4 is 20.3 Å². The Kier molecular flexibility index (Phi) is 8.05. The first kappa shape index (κ1) is 24.3. The molecule has 0 bridgehead atoms. The molecule has 4 aromatic rings. The van der Waals surface area contributed by atoms with Crippen molar-refractivity contribution in [3.8, 4) is 11.5 Å². The standard InChI is InChI=1S/C27H27N3O4S/c1-33-21-15-20(16-22(17-21)34-2)28-25(31)18-35-27-29-24-13-7-6-12-23(24)26(32)30(27)14-8-11-19-9-4-3-5-10-19/h3-7,9-10,12-13,15-17H,8,11,14,18H2,1-2H3,(H,28,31). The van der Waals surface area contributed by atoms with Gasteiger partial charge in [-0.1, -0.05) is 54.2 Å². The number of nitrogens with zero attached hydrogens (tertiary/aromatic N) is 2. The van der Waals surface area contributed by atoms with Crippen LogP contribution >= 0.6 is 11.8 Å². The quantitative estimate of drug-likeness (QED) is 0.255. The van der Waals surface area contributed by atoms with Gasteiger partial charge in [0.05, 0.1) is 30.9 Å². The molecule has 0 saturated carbocycles. The van der Waals surface area contributed by atoms with Crippen molar-refractivity contribution in [3.63, 3.8) is 0 Å². The van der Waals surface area contributed by atoms with Gasteiger partial charge >= 0.3 is 0 Å². The molecule has 7 nitrogen and oxygen atoms in total. The number of para-hydroxylation sites is 1. The zero-order valence-corrected chi connectivity index (χ0v) is 20.5. The second-order valence-corrected chi connectivity index (χ2v) is 8.84. The van der Waals surface area contributed by atoms with Crippen LogP contribution in [-0.4, -0.2) is 35.4 Å². The van der Waals surface area contributed by atoms with Crippen LogP contribution in [0.1, 0.15) is 12.0 Å². The number of hydrogen-bond donors (Lipinski definition) is 1. The van der Waals surface area contributed by atoms with Gasteiger partial charge in [0.25, 0.3) is 5.56 Å². The minimum absolute atomic E-state index is 0.0934. The first-order valence-corrected chi connectivity index (χ1v) is 12.2. The fourth-order valence-electron chi connectivity index (χ4n) is 3.75. The van der Waals surface area contributed by atoms with Crippen molar-refractivity contribution in [2.45, 2.75) is 24.5 Å². The minimum Gasteiger partial charge on any atom is -0.497 e. The number of aryl methyl sites for hydroxylation is 1. The summed E-state index contributed by atoms with van der Waals surface area (Å²) in [6.07, 6.45) is 1.63. The summed E-state index contributed by atoms with van der Waals surface area (Å²) < 4.78 is 12.2. The number of nitrogens with one attached hydrogen (secondary N) is 1. The summed E-state index contributed by atoms with van der Waals surface area (Å²) in [5.41, 5.74) is 2.32. The highest BCUT2D eigenvalue weighted by Crippen LogP contribution is 2.26. The Labute approximate surface area is 208 Å². The van der Waals surface area contributed by atoms with Gasteiger partial charge < -0.3 is 14.8 Å². The number of anilines is 1. The van der Waals surface area contributed by atoms with E-state index in [1.54, 1.807) is 43.1 Å². The van der Waals surface area contributed by atoms with Gasteiger partial charge in [0.15, 0.2) is 5.16 Å². The molecule has 0 aliphatic carbocycles. The third-order valence-corrected chi connectivity index (χ3v) is 6.46. The monoisotopic (exact) mass is 489 g/mol. The van der Waals surface area contributed by atoms with E-state index in [2.05, 4.69) is 17.4 Å². The van der Waals surface area contributed by atoms with Crippen molar-refractivity contribution in [2.24, 2.45) is 0 Å². The van der Waals surface area contributed by atoms with Gasteiger partial charge in [0.2, 0.25) is 5.91 Å². The Morgan fingerprint density at radius 1 is 0.971 bits per heavy atom. The SMILES string of the molecule is COc1cc(NC(=O)CSc2nc3ccccc3c(=O)n2CCCc2ccccc2)cc(OC)c1. The summed E-state index contributed by atoms with van der Waals surface area (Å²) in [6.45, 7) is 0.516. The maximum absolute atomic E-state index is 13.2. The second kappa shape index (κ2) is 11.6. The van der Waals surface area contributed by atoms with E-state index in [1.807, 2.05) is 36.4 Å². The second-order valence-electron chi connectivity index (χ2n) is 7.90. The fraction of sp³-hybridized carbons (Fsp3) is 0.222. The van der Waals surface area contributed by atoms with Crippen LogP contribution in [0.15, 0.2) is 82.7 Å². The number of carbonyl (C=O) groups is 1. The molecule has 0 spiro atoms.